The van der Waals surface area contributed by atoms with Crippen molar-refractivity contribution in [2.75, 3.05) is 5.32 Å². The molecule has 1 amide bonds. The lowest BCUT2D eigenvalue weighted by Gasteiger charge is -2.14. The van der Waals surface area contributed by atoms with Gasteiger partial charge < -0.3 is 10.1 Å². The van der Waals surface area contributed by atoms with Gasteiger partial charge in [-0.2, -0.15) is 0 Å². The van der Waals surface area contributed by atoms with Crippen molar-refractivity contribution in [3.05, 3.63) is 57.6 Å². The second kappa shape index (κ2) is 8.45. The van der Waals surface area contributed by atoms with Gasteiger partial charge in [0.2, 0.25) is 0 Å². The Hall–Kier alpha value is -1.92. The quantitative estimate of drug-likeness (QED) is 0.684. The fourth-order valence-corrected chi connectivity index (χ4v) is 2.88. The molecule has 25 heavy (non-hydrogen) atoms. The summed E-state index contributed by atoms with van der Waals surface area (Å²) in [6, 6.07) is 11.1. The number of rotatable bonds is 4. The molecule has 132 valence electrons. The van der Waals surface area contributed by atoms with Gasteiger partial charge in [-0.25, -0.2) is 0 Å². The first-order valence-corrected chi connectivity index (χ1v) is 9.13. The molecule has 0 saturated heterocycles. The van der Waals surface area contributed by atoms with Crippen LogP contribution in [0.4, 0.5) is 5.69 Å². The molecule has 2 rings (SSSR count). The van der Waals surface area contributed by atoms with E-state index in [0.717, 1.165) is 21.3 Å². The maximum absolute atomic E-state index is 12.4. The molecule has 2 aromatic rings. The molecule has 0 saturated carbocycles. The van der Waals surface area contributed by atoms with Gasteiger partial charge in [0.15, 0.2) is 5.11 Å². The minimum Gasteiger partial charge on any atom is -0.490 e. The van der Waals surface area contributed by atoms with E-state index >= 15 is 0 Å². The molecule has 2 N–H and O–H groups in total. The third-order valence-electron chi connectivity index (χ3n) is 3.64. The first-order valence-electron chi connectivity index (χ1n) is 7.92. The smallest absolute Gasteiger partial charge is 0.257 e. The molecule has 0 aliphatic heterocycles. The maximum atomic E-state index is 12.4. The number of benzene rings is 2. The van der Waals surface area contributed by atoms with Gasteiger partial charge in [0.25, 0.3) is 5.91 Å². The Kier molecular flexibility index (Phi) is 6.56. The van der Waals surface area contributed by atoms with E-state index in [1.165, 1.54) is 0 Å². The van der Waals surface area contributed by atoms with Crippen LogP contribution in [0.25, 0.3) is 0 Å². The van der Waals surface area contributed by atoms with Gasteiger partial charge in [-0.1, -0.05) is 12.1 Å². The van der Waals surface area contributed by atoms with Crippen molar-refractivity contribution in [3.8, 4) is 5.75 Å². The van der Waals surface area contributed by atoms with Crippen LogP contribution in [0.1, 0.15) is 35.3 Å². The second-order valence-corrected chi connectivity index (χ2v) is 7.23. The molecule has 0 aliphatic rings. The van der Waals surface area contributed by atoms with Crippen LogP contribution in [0.15, 0.2) is 40.9 Å². The van der Waals surface area contributed by atoms with Crippen LogP contribution in [-0.4, -0.2) is 17.1 Å². The number of aryl methyl sites for hydroxylation is 1. The van der Waals surface area contributed by atoms with E-state index < -0.39 is 0 Å². The molecule has 6 heteroatoms. The van der Waals surface area contributed by atoms with Gasteiger partial charge >= 0.3 is 0 Å². The summed E-state index contributed by atoms with van der Waals surface area (Å²) in [6.45, 7) is 7.93. The molecule has 4 nitrogen and oxygen atoms in total. The second-order valence-electron chi connectivity index (χ2n) is 5.97. The fraction of sp³-hybridized carbons (Fsp3) is 0.263. The Bertz CT molecular complexity index is 806. The number of hydrogen-bond acceptors (Lipinski definition) is 3. The zero-order chi connectivity index (χ0) is 18.6. The minimum atomic E-state index is -0.278. The molecule has 0 unspecified atom stereocenters. The number of carbonyl (C=O) groups excluding carboxylic acids is 1. The molecule has 0 aliphatic carbocycles. The van der Waals surface area contributed by atoms with Gasteiger partial charge in [-0.3, -0.25) is 10.1 Å². The summed E-state index contributed by atoms with van der Waals surface area (Å²) < 4.78 is 6.37. The van der Waals surface area contributed by atoms with Gasteiger partial charge in [0.1, 0.15) is 5.75 Å². The van der Waals surface area contributed by atoms with Gasteiger partial charge in [-0.05, 0) is 91.2 Å². The van der Waals surface area contributed by atoms with Crippen molar-refractivity contribution < 1.29 is 9.53 Å². The van der Waals surface area contributed by atoms with Crippen LogP contribution >= 0.6 is 28.1 Å². The van der Waals surface area contributed by atoms with Crippen molar-refractivity contribution >= 4 is 44.9 Å². The highest BCUT2D eigenvalue weighted by atomic mass is 79.9. The summed E-state index contributed by atoms with van der Waals surface area (Å²) in [5.74, 6) is 0.419. The summed E-state index contributed by atoms with van der Waals surface area (Å²) in [6.07, 6.45) is 0.0605. The van der Waals surface area contributed by atoms with Gasteiger partial charge in [0, 0.05) is 11.3 Å². The predicted molar refractivity (Wildman–Crippen MR) is 110 cm³/mol. The maximum Gasteiger partial charge on any atom is 0.257 e. The van der Waals surface area contributed by atoms with Crippen LogP contribution in [0, 0.1) is 13.8 Å². The lowest BCUT2D eigenvalue weighted by Crippen LogP contribution is -2.34. The Labute approximate surface area is 162 Å². The van der Waals surface area contributed by atoms with E-state index in [0.29, 0.717) is 11.3 Å². The van der Waals surface area contributed by atoms with Crippen LogP contribution < -0.4 is 15.4 Å². The number of amides is 1. The molecular weight excluding hydrogens is 400 g/mol. The molecule has 0 heterocycles. The average Bonchev–Trinajstić information content (AvgIpc) is 2.53. The largest absolute Gasteiger partial charge is 0.490 e. The van der Waals surface area contributed by atoms with E-state index in [1.807, 2.05) is 45.9 Å². The van der Waals surface area contributed by atoms with Crippen LogP contribution in [0.5, 0.6) is 5.75 Å². The normalized spacial score (nSPS) is 10.5. The van der Waals surface area contributed by atoms with Gasteiger partial charge in [0.05, 0.1) is 10.6 Å². The Morgan fingerprint density at radius 1 is 1.20 bits per heavy atom. The van der Waals surface area contributed by atoms with E-state index in [9.17, 15) is 4.79 Å². The standard InChI is InChI=1S/C19H21BrN2O2S/c1-11(2)24-17-9-8-14(10-15(17)20)18(23)22-19(25)21-16-7-5-6-12(3)13(16)4/h5-11H,1-4H3,(H2,21,22,23,25). The number of nitrogens with one attached hydrogen (secondary N) is 2. The average molecular weight is 421 g/mol. The first kappa shape index (κ1) is 19.4. The summed E-state index contributed by atoms with van der Waals surface area (Å²) in [5, 5.41) is 6.03. The number of thiocarbonyl (C=S) groups is 1. The zero-order valence-corrected chi connectivity index (χ0v) is 17.0. The van der Waals surface area contributed by atoms with E-state index in [2.05, 4.69) is 26.6 Å². The molecule has 0 fully saturated rings. The van der Waals surface area contributed by atoms with Crippen LogP contribution in [0.3, 0.4) is 0 Å². The van der Waals surface area contributed by atoms with E-state index in [4.69, 9.17) is 17.0 Å². The number of ether oxygens (including phenoxy) is 1. The topological polar surface area (TPSA) is 50.4 Å². The summed E-state index contributed by atoms with van der Waals surface area (Å²) in [4.78, 5) is 12.4. The van der Waals surface area contributed by atoms with Crippen molar-refractivity contribution in [1.29, 1.82) is 0 Å². The summed E-state index contributed by atoms with van der Waals surface area (Å²) >= 11 is 8.68. The monoisotopic (exact) mass is 420 g/mol. The van der Waals surface area contributed by atoms with Gasteiger partial charge in [-0.15, -0.1) is 0 Å². The number of carbonyl (C=O) groups is 1. The molecule has 2 aromatic carbocycles. The van der Waals surface area contributed by atoms with Crippen molar-refractivity contribution in [2.24, 2.45) is 0 Å². The van der Waals surface area contributed by atoms with Crippen molar-refractivity contribution in [1.82, 2.24) is 5.32 Å². The number of halogens is 1. The highest BCUT2D eigenvalue weighted by Gasteiger charge is 2.12. The van der Waals surface area contributed by atoms with Crippen LogP contribution in [0.2, 0.25) is 0 Å². The Morgan fingerprint density at radius 2 is 1.92 bits per heavy atom. The van der Waals surface area contributed by atoms with Crippen molar-refractivity contribution in [3.63, 3.8) is 0 Å². The molecule has 0 radical (unpaired) electrons. The molecule has 0 bridgehead atoms. The highest BCUT2D eigenvalue weighted by molar-refractivity contribution is 9.10. The molecular formula is C19H21BrN2O2S. The Morgan fingerprint density at radius 3 is 2.56 bits per heavy atom. The zero-order valence-electron chi connectivity index (χ0n) is 14.6. The third kappa shape index (κ3) is 5.28. The SMILES string of the molecule is Cc1cccc(NC(=S)NC(=O)c2ccc(OC(C)C)c(Br)c2)c1C. The van der Waals surface area contributed by atoms with E-state index in [1.54, 1.807) is 18.2 Å². The number of hydrogen-bond donors (Lipinski definition) is 2. The molecule has 0 spiro atoms. The summed E-state index contributed by atoms with van der Waals surface area (Å²) in [7, 11) is 0. The van der Waals surface area contributed by atoms with Crippen LogP contribution in [-0.2, 0) is 0 Å². The molecule has 0 aromatic heterocycles. The first-order chi connectivity index (χ1) is 11.8. The minimum absolute atomic E-state index is 0.0605. The third-order valence-corrected chi connectivity index (χ3v) is 4.46. The lowest BCUT2D eigenvalue weighted by atomic mass is 10.1. The summed E-state index contributed by atoms with van der Waals surface area (Å²) in [5.41, 5.74) is 3.63. The predicted octanol–water partition coefficient (Wildman–Crippen LogP) is 4.98. The Balaban J connectivity index is 2.05. The molecule has 0 atom stereocenters. The number of anilines is 1. The fourth-order valence-electron chi connectivity index (χ4n) is 2.21. The highest BCUT2D eigenvalue weighted by Crippen LogP contribution is 2.27. The lowest BCUT2D eigenvalue weighted by molar-refractivity contribution is 0.0977. The van der Waals surface area contributed by atoms with Crippen molar-refractivity contribution in [2.45, 2.75) is 33.8 Å². The van der Waals surface area contributed by atoms with E-state index in [-0.39, 0.29) is 17.1 Å².